The van der Waals surface area contributed by atoms with Gasteiger partial charge < -0.3 is 9.47 Å². The molecule has 0 saturated carbocycles. The maximum atomic E-state index is 5.45. The third-order valence-electron chi connectivity index (χ3n) is 1.93. The SMILES string of the molecule is CC1(CC=CC=CC=CBr)OCCO1. The van der Waals surface area contributed by atoms with Gasteiger partial charge in [0.25, 0.3) is 0 Å². The van der Waals surface area contributed by atoms with Crippen LogP contribution in [0.4, 0.5) is 0 Å². The minimum absolute atomic E-state index is 0.407. The molecule has 1 saturated heterocycles. The summed E-state index contributed by atoms with van der Waals surface area (Å²) in [6.45, 7) is 3.37. The first-order valence-corrected chi connectivity index (χ1v) is 5.55. The van der Waals surface area contributed by atoms with Crippen molar-refractivity contribution in [2.24, 2.45) is 0 Å². The Morgan fingerprint density at radius 2 is 1.79 bits per heavy atom. The molecule has 0 unspecified atom stereocenters. The lowest BCUT2D eigenvalue weighted by Gasteiger charge is -2.19. The van der Waals surface area contributed by atoms with Crippen molar-refractivity contribution < 1.29 is 9.47 Å². The van der Waals surface area contributed by atoms with Crippen LogP contribution in [0.1, 0.15) is 13.3 Å². The van der Waals surface area contributed by atoms with Crippen molar-refractivity contribution in [1.82, 2.24) is 0 Å². The standard InChI is InChI=1S/C11H15BrO2/c1-11(13-9-10-14-11)7-5-3-2-4-6-8-12/h2-6,8H,7,9-10H2,1H3. The maximum Gasteiger partial charge on any atom is 0.169 e. The van der Waals surface area contributed by atoms with E-state index >= 15 is 0 Å². The summed E-state index contributed by atoms with van der Waals surface area (Å²) in [6.07, 6.45) is 10.6. The number of rotatable bonds is 4. The molecule has 0 aliphatic carbocycles. The molecule has 0 amide bonds. The predicted molar refractivity (Wildman–Crippen MR) is 61.3 cm³/mol. The second-order valence-electron chi connectivity index (χ2n) is 3.17. The van der Waals surface area contributed by atoms with Crippen LogP contribution in [0.2, 0.25) is 0 Å². The predicted octanol–water partition coefficient (Wildman–Crippen LogP) is 3.16. The molecule has 0 aromatic carbocycles. The molecule has 0 N–H and O–H groups in total. The van der Waals surface area contributed by atoms with Gasteiger partial charge in [0.2, 0.25) is 0 Å². The average molecular weight is 259 g/mol. The molecular weight excluding hydrogens is 244 g/mol. The maximum absolute atomic E-state index is 5.45. The van der Waals surface area contributed by atoms with Crippen LogP contribution in [-0.2, 0) is 9.47 Å². The van der Waals surface area contributed by atoms with E-state index < -0.39 is 5.79 Å². The van der Waals surface area contributed by atoms with E-state index in [1.807, 2.05) is 42.3 Å². The minimum Gasteiger partial charge on any atom is -0.348 e. The van der Waals surface area contributed by atoms with E-state index in [1.165, 1.54) is 0 Å². The van der Waals surface area contributed by atoms with E-state index in [9.17, 15) is 0 Å². The largest absolute Gasteiger partial charge is 0.348 e. The number of ether oxygens (including phenoxy) is 2. The zero-order chi connectivity index (χ0) is 10.3. The fraction of sp³-hybridized carbons (Fsp3) is 0.455. The summed E-state index contributed by atoms with van der Waals surface area (Å²) in [7, 11) is 0. The summed E-state index contributed by atoms with van der Waals surface area (Å²) >= 11 is 3.19. The fourth-order valence-corrected chi connectivity index (χ4v) is 1.38. The Morgan fingerprint density at radius 1 is 1.14 bits per heavy atom. The topological polar surface area (TPSA) is 18.5 Å². The zero-order valence-electron chi connectivity index (χ0n) is 8.28. The molecular formula is C11H15BrO2. The van der Waals surface area contributed by atoms with Crippen molar-refractivity contribution in [2.45, 2.75) is 19.1 Å². The Labute approximate surface area is 93.4 Å². The van der Waals surface area contributed by atoms with Crippen LogP contribution in [0, 0.1) is 0 Å². The monoisotopic (exact) mass is 258 g/mol. The lowest BCUT2D eigenvalue weighted by Crippen LogP contribution is -2.24. The molecule has 0 aromatic heterocycles. The quantitative estimate of drug-likeness (QED) is 0.722. The highest BCUT2D eigenvalue weighted by atomic mass is 79.9. The van der Waals surface area contributed by atoms with Crippen molar-refractivity contribution in [3.63, 3.8) is 0 Å². The molecule has 14 heavy (non-hydrogen) atoms. The Hall–Kier alpha value is -0.380. The van der Waals surface area contributed by atoms with Gasteiger partial charge in [-0.15, -0.1) is 0 Å². The second kappa shape index (κ2) is 6.17. The van der Waals surface area contributed by atoms with Gasteiger partial charge in [-0.05, 0) is 11.9 Å². The van der Waals surface area contributed by atoms with Crippen molar-refractivity contribution in [3.8, 4) is 0 Å². The second-order valence-corrected chi connectivity index (χ2v) is 3.70. The highest BCUT2D eigenvalue weighted by Gasteiger charge is 2.28. The Bertz CT molecular complexity index is 238. The smallest absolute Gasteiger partial charge is 0.169 e. The molecule has 78 valence electrons. The lowest BCUT2D eigenvalue weighted by molar-refractivity contribution is -0.138. The van der Waals surface area contributed by atoms with Crippen LogP contribution >= 0.6 is 15.9 Å². The number of allylic oxidation sites excluding steroid dienone is 4. The third kappa shape index (κ3) is 4.22. The summed E-state index contributed by atoms with van der Waals surface area (Å²) in [6, 6.07) is 0. The molecule has 1 heterocycles. The number of halogens is 1. The summed E-state index contributed by atoms with van der Waals surface area (Å²) in [5, 5.41) is 0. The van der Waals surface area contributed by atoms with E-state index in [-0.39, 0.29) is 0 Å². The molecule has 1 fully saturated rings. The Kier molecular flexibility index (Phi) is 5.15. The summed E-state index contributed by atoms with van der Waals surface area (Å²) < 4.78 is 10.9. The first kappa shape index (κ1) is 11.7. The molecule has 1 aliphatic rings. The average Bonchev–Trinajstić information content (AvgIpc) is 2.59. The minimum atomic E-state index is -0.407. The number of hydrogen-bond acceptors (Lipinski definition) is 2. The van der Waals surface area contributed by atoms with Crippen molar-refractivity contribution in [3.05, 3.63) is 35.4 Å². The molecule has 0 bridgehead atoms. The van der Waals surface area contributed by atoms with Crippen molar-refractivity contribution >= 4 is 15.9 Å². The summed E-state index contributed by atoms with van der Waals surface area (Å²) in [4.78, 5) is 1.81. The van der Waals surface area contributed by atoms with Gasteiger partial charge in [0.05, 0.1) is 13.2 Å². The summed E-state index contributed by atoms with van der Waals surface area (Å²) in [5.74, 6) is -0.407. The van der Waals surface area contributed by atoms with Gasteiger partial charge in [-0.1, -0.05) is 46.3 Å². The van der Waals surface area contributed by atoms with Gasteiger partial charge in [0.15, 0.2) is 5.79 Å². The van der Waals surface area contributed by atoms with Gasteiger partial charge in [0, 0.05) is 6.42 Å². The van der Waals surface area contributed by atoms with Crippen molar-refractivity contribution in [1.29, 1.82) is 0 Å². The van der Waals surface area contributed by atoms with E-state index in [2.05, 4.69) is 15.9 Å². The Morgan fingerprint density at radius 3 is 2.43 bits per heavy atom. The van der Waals surface area contributed by atoms with Crippen LogP contribution in [-0.4, -0.2) is 19.0 Å². The van der Waals surface area contributed by atoms with Crippen LogP contribution in [0.5, 0.6) is 0 Å². The molecule has 2 nitrogen and oxygen atoms in total. The van der Waals surface area contributed by atoms with Crippen molar-refractivity contribution in [2.75, 3.05) is 13.2 Å². The molecule has 1 rings (SSSR count). The first-order chi connectivity index (χ1) is 6.77. The van der Waals surface area contributed by atoms with Gasteiger partial charge >= 0.3 is 0 Å². The third-order valence-corrected chi connectivity index (χ3v) is 2.23. The molecule has 0 atom stereocenters. The highest BCUT2D eigenvalue weighted by Crippen LogP contribution is 2.22. The van der Waals surface area contributed by atoms with Gasteiger partial charge in [-0.25, -0.2) is 0 Å². The van der Waals surface area contributed by atoms with Crippen LogP contribution in [0.25, 0.3) is 0 Å². The fourth-order valence-electron chi connectivity index (χ4n) is 1.21. The van der Waals surface area contributed by atoms with Gasteiger partial charge in [0.1, 0.15) is 0 Å². The van der Waals surface area contributed by atoms with Crippen LogP contribution < -0.4 is 0 Å². The lowest BCUT2D eigenvalue weighted by atomic mass is 10.2. The van der Waals surface area contributed by atoms with Gasteiger partial charge in [-0.3, -0.25) is 0 Å². The first-order valence-electron chi connectivity index (χ1n) is 4.63. The van der Waals surface area contributed by atoms with E-state index in [4.69, 9.17) is 9.47 Å². The van der Waals surface area contributed by atoms with Crippen LogP contribution in [0.3, 0.4) is 0 Å². The van der Waals surface area contributed by atoms with Crippen LogP contribution in [0.15, 0.2) is 35.4 Å². The zero-order valence-corrected chi connectivity index (χ0v) is 9.87. The molecule has 3 heteroatoms. The Balaban J connectivity index is 2.25. The molecule has 0 radical (unpaired) electrons. The summed E-state index contributed by atoms with van der Waals surface area (Å²) in [5.41, 5.74) is 0. The normalized spacial score (nSPS) is 21.9. The molecule has 0 spiro atoms. The highest BCUT2D eigenvalue weighted by molar-refractivity contribution is 9.11. The molecule has 0 aromatic rings. The number of hydrogen-bond donors (Lipinski definition) is 0. The van der Waals surface area contributed by atoms with Gasteiger partial charge in [-0.2, -0.15) is 0 Å². The van der Waals surface area contributed by atoms with E-state index in [0.29, 0.717) is 13.2 Å². The van der Waals surface area contributed by atoms with E-state index in [0.717, 1.165) is 6.42 Å². The van der Waals surface area contributed by atoms with E-state index in [1.54, 1.807) is 0 Å². The molecule has 1 aliphatic heterocycles.